The van der Waals surface area contributed by atoms with Gasteiger partial charge in [-0.2, -0.15) is 0 Å². The number of carbonyl (C=O) groups is 1. The van der Waals surface area contributed by atoms with Gasteiger partial charge in [0.05, 0.1) is 23.5 Å². The lowest BCUT2D eigenvalue weighted by Gasteiger charge is -2.20. The van der Waals surface area contributed by atoms with Crippen LogP contribution in [0.15, 0.2) is 61.1 Å². The first kappa shape index (κ1) is 16.8. The Kier molecular flexibility index (Phi) is 3.80. The minimum Gasteiger partial charge on any atom is -0.280 e. The van der Waals surface area contributed by atoms with Crippen LogP contribution in [-0.2, 0) is 11.2 Å². The van der Waals surface area contributed by atoms with Gasteiger partial charge in [-0.25, -0.2) is 14.4 Å². The molecule has 4 heterocycles. The monoisotopic (exact) mass is 390 g/mol. The lowest BCUT2D eigenvalue weighted by atomic mass is 10.1. The first-order valence-electron chi connectivity index (χ1n) is 8.59. The van der Waals surface area contributed by atoms with E-state index >= 15 is 0 Å². The van der Waals surface area contributed by atoms with Crippen molar-refractivity contribution in [3.63, 3.8) is 0 Å². The fourth-order valence-electron chi connectivity index (χ4n) is 3.47. The van der Waals surface area contributed by atoms with E-state index < -0.39 is 5.82 Å². The molecule has 0 N–H and O–H groups in total. The highest BCUT2D eigenvalue weighted by molar-refractivity contribution is 6.30. The Morgan fingerprint density at radius 3 is 2.86 bits per heavy atom. The number of hydrogen-bond acceptors (Lipinski definition) is 4. The lowest BCUT2D eigenvalue weighted by molar-refractivity contribution is -0.116. The molecule has 0 atom stereocenters. The Bertz CT molecular complexity index is 1260. The number of halogens is 2. The maximum Gasteiger partial charge on any atom is 0.236 e. The van der Waals surface area contributed by atoms with Crippen LogP contribution in [0.3, 0.4) is 0 Å². The third kappa shape index (κ3) is 2.61. The van der Waals surface area contributed by atoms with Crippen LogP contribution in [0.2, 0.25) is 5.02 Å². The van der Waals surface area contributed by atoms with Crippen LogP contribution in [-0.4, -0.2) is 20.9 Å². The van der Waals surface area contributed by atoms with E-state index in [1.807, 2.05) is 6.07 Å². The number of hydrogen-bond donors (Lipinski definition) is 0. The molecular formula is C21H12ClFN4O. The average Bonchev–Trinajstić information content (AvgIpc) is 3.04. The zero-order valence-electron chi connectivity index (χ0n) is 14.4. The summed E-state index contributed by atoms with van der Waals surface area (Å²) in [5, 5.41) is 1.10. The number of benzene rings is 1. The largest absolute Gasteiger partial charge is 0.280 e. The predicted octanol–water partition coefficient (Wildman–Crippen LogP) is 4.71. The summed E-state index contributed by atoms with van der Waals surface area (Å²) in [7, 11) is 0. The van der Waals surface area contributed by atoms with Crippen molar-refractivity contribution >= 4 is 39.9 Å². The molecule has 1 amide bonds. The normalized spacial score (nSPS) is 13.2. The molecule has 0 fully saturated rings. The van der Waals surface area contributed by atoms with Gasteiger partial charge in [-0.15, -0.1) is 0 Å². The molecule has 5 nitrogen and oxygen atoms in total. The van der Waals surface area contributed by atoms with Gasteiger partial charge in [0.2, 0.25) is 5.91 Å². The third-order valence-electron chi connectivity index (χ3n) is 4.72. The van der Waals surface area contributed by atoms with Gasteiger partial charge in [0, 0.05) is 40.1 Å². The molecule has 0 saturated heterocycles. The predicted molar refractivity (Wildman–Crippen MR) is 105 cm³/mol. The molecule has 0 saturated carbocycles. The van der Waals surface area contributed by atoms with Gasteiger partial charge >= 0.3 is 0 Å². The average molecular weight is 391 g/mol. The summed E-state index contributed by atoms with van der Waals surface area (Å²) in [4.78, 5) is 27.3. The summed E-state index contributed by atoms with van der Waals surface area (Å²) in [5.41, 5.74) is 3.23. The van der Waals surface area contributed by atoms with Crippen LogP contribution in [0.25, 0.3) is 22.3 Å². The number of anilines is 2. The minimum atomic E-state index is -0.449. The molecule has 1 aliphatic rings. The highest BCUT2D eigenvalue weighted by Crippen LogP contribution is 2.40. The molecule has 0 radical (unpaired) electrons. The van der Waals surface area contributed by atoms with Gasteiger partial charge in [-0.3, -0.25) is 14.7 Å². The molecule has 1 aliphatic heterocycles. The number of fused-ring (bicyclic) bond motifs is 2. The molecule has 28 heavy (non-hydrogen) atoms. The first-order valence-corrected chi connectivity index (χ1v) is 8.96. The SMILES string of the molecule is O=C1Cc2cnccc2N1c1cc(-c2cc(Cl)ccc2F)nc2ncccc12. The molecule has 3 aromatic heterocycles. The van der Waals surface area contributed by atoms with E-state index in [0.717, 1.165) is 11.3 Å². The summed E-state index contributed by atoms with van der Waals surface area (Å²) < 4.78 is 14.5. The highest BCUT2D eigenvalue weighted by Gasteiger charge is 2.30. The molecule has 4 aromatic rings. The van der Waals surface area contributed by atoms with Gasteiger partial charge in [-0.1, -0.05) is 11.6 Å². The zero-order valence-corrected chi connectivity index (χ0v) is 15.2. The van der Waals surface area contributed by atoms with Gasteiger partial charge in [0.1, 0.15) is 5.82 Å². The van der Waals surface area contributed by atoms with E-state index in [0.29, 0.717) is 27.4 Å². The Hall–Kier alpha value is -3.38. The van der Waals surface area contributed by atoms with Gasteiger partial charge in [0.25, 0.3) is 0 Å². The van der Waals surface area contributed by atoms with E-state index in [2.05, 4.69) is 15.0 Å². The van der Waals surface area contributed by atoms with Crippen LogP contribution in [0.1, 0.15) is 5.56 Å². The standard InChI is InChI=1S/C21H12ClFN4O/c22-13-3-4-16(23)15(9-13)17-10-19(14-2-1-6-25-21(14)26-17)27-18-5-7-24-11-12(18)8-20(27)28/h1-7,9-11H,8H2. The summed E-state index contributed by atoms with van der Waals surface area (Å²) in [6.45, 7) is 0. The van der Waals surface area contributed by atoms with Crippen LogP contribution in [0.4, 0.5) is 15.8 Å². The summed E-state index contributed by atoms with van der Waals surface area (Å²) in [6.07, 6.45) is 5.20. The Morgan fingerprint density at radius 2 is 1.96 bits per heavy atom. The van der Waals surface area contributed by atoms with Gasteiger partial charge in [-0.05, 0) is 42.5 Å². The van der Waals surface area contributed by atoms with E-state index in [1.54, 1.807) is 41.7 Å². The van der Waals surface area contributed by atoms with Crippen LogP contribution in [0, 0.1) is 5.82 Å². The molecule has 7 heteroatoms. The number of pyridine rings is 3. The summed E-state index contributed by atoms with van der Waals surface area (Å²) >= 11 is 6.06. The second kappa shape index (κ2) is 6.35. The quantitative estimate of drug-likeness (QED) is 0.497. The van der Waals surface area contributed by atoms with E-state index in [4.69, 9.17) is 11.6 Å². The fourth-order valence-corrected chi connectivity index (χ4v) is 3.64. The Morgan fingerprint density at radius 1 is 1.07 bits per heavy atom. The smallest absolute Gasteiger partial charge is 0.236 e. The zero-order chi connectivity index (χ0) is 19.3. The maximum atomic E-state index is 14.5. The molecule has 1 aromatic carbocycles. The van der Waals surface area contributed by atoms with Crippen LogP contribution in [0.5, 0.6) is 0 Å². The van der Waals surface area contributed by atoms with Gasteiger partial charge in [0.15, 0.2) is 5.65 Å². The van der Waals surface area contributed by atoms with Crippen molar-refractivity contribution in [1.82, 2.24) is 15.0 Å². The second-order valence-electron chi connectivity index (χ2n) is 6.44. The van der Waals surface area contributed by atoms with Crippen molar-refractivity contribution in [2.24, 2.45) is 0 Å². The number of aromatic nitrogens is 3. The Balaban J connectivity index is 1.80. The van der Waals surface area contributed by atoms with Crippen LogP contribution < -0.4 is 4.90 Å². The van der Waals surface area contributed by atoms with Crippen molar-refractivity contribution in [1.29, 1.82) is 0 Å². The number of rotatable bonds is 2. The van der Waals surface area contributed by atoms with Crippen molar-refractivity contribution in [3.8, 4) is 11.3 Å². The third-order valence-corrected chi connectivity index (χ3v) is 4.95. The number of nitrogens with zero attached hydrogens (tertiary/aromatic N) is 4. The first-order chi connectivity index (χ1) is 13.6. The highest BCUT2D eigenvalue weighted by atomic mass is 35.5. The minimum absolute atomic E-state index is 0.0862. The van der Waals surface area contributed by atoms with Crippen LogP contribution >= 0.6 is 11.6 Å². The molecule has 5 rings (SSSR count). The van der Waals surface area contributed by atoms with E-state index in [1.165, 1.54) is 18.2 Å². The second-order valence-corrected chi connectivity index (χ2v) is 6.87. The summed E-state index contributed by atoms with van der Waals surface area (Å²) in [5.74, 6) is -0.535. The van der Waals surface area contributed by atoms with E-state index in [-0.39, 0.29) is 17.9 Å². The molecule has 136 valence electrons. The number of amides is 1. The molecule has 0 bridgehead atoms. The lowest BCUT2D eigenvalue weighted by Crippen LogP contribution is -2.21. The van der Waals surface area contributed by atoms with Crippen molar-refractivity contribution in [2.75, 3.05) is 4.90 Å². The van der Waals surface area contributed by atoms with Crippen molar-refractivity contribution in [2.45, 2.75) is 6.42 Å². The molecule has 0 unspecified atom stereocenters. The maximum absolute atomic E-state index is 14.5. The van der Waals surface area contributed by atoms with Crippen molar-refractivity contribution < 1.29 is 9.18 Å². The Labute approximate surface area is 164 Å². The van der Waals surface area contributed by atoms with Gasteiger partial charge < -0.3 is 0 Å². The van der Waals surface area contributed by atoms with Crippen molar-refractivity contribution in [3.05, 3.63) is 77.5 Å². The molecular weight excluding hydrogens is 379 g/mol. The summed E-state index contributed by atoms with van der Waals surface area (Å²) in [6, 6.07) is 11.4. The molecule has 0 spiro atoms. The van der Waals surface area contributed by atoms with E-state index in [9.17, 15) is 9.18 Å². The topological polar surface area (TPSA) is 59.0 Å². The number of carbonyl (C=O) groups excluding carboxylic acids is 1. The molecule has 0 aliphatic carbocycles. The fraction of sp³-hybridized carbons (Fsp3) is 0.0476.